The molecule has 1 saturated heterocycles. The molecule has 1 fully saturated rings. The van der Waals surface area contributed by atoms with Crippen molar-refractivity contribution in [2.45, 2.75) is 18.9 Å². The summed E-state index contributed by atoms with van der Waals surface area (Å²) < 4.78 is 5.19. The van der Waals surface area contributed by atoms with E-state index in [1.165, 1.54) is 7.11 Å². The van der Waals surface area contributed by atoms with Crippen molar-refractivity contribution >= 4 is 23.5 Å². The van der Waals surface area contributed by atoms with Gasteiger partial charge in [-0.15, -0.1) is 0 Å². The molecule has 1 heterocycles. The summed E-state index contributed by atoms with van der Waals surface area (Å²) in [5, 5.41) is 5.43. The summed E-state index contributed by atoms with van der Waals surface area (Å²) in [6.45, 7) is 1.45. The number of methoxy groups -OCH3 is 1. The van der Waals surface area contributed by atoms with E-state index in [9.17, 15) is 14.4 Å². The number of benzene rings is 2. The Morgan fingerprint density at radius 1 is 1.11 bits per heavy atom. The number of carbonyl (C=O) groups excluding carboxylic acids is 3. The first-order chi connectivity index (χ1) is 13.0. The van der Waals surface area contributed by atoms with Gasteiger partial charge in [-0.25, -0.2) is 4.79 Å². The van der Waals surface area contributed by atoms with E-state index in [0.29, 0.717) is 23.4 Å². The highest BCUT2D eigenvalue weighted by atomic mass is 16.5. The number of anilines is 1. The molecule has 1 atom stereocenters. The molecular weight excluding hydrogens is 346 g/mol. The van der Waals surface area contributed by atoms with Gasteiger partial charge in [-0.2, -0.15) is 0 Å². The zero-order chi connectivity index (χ0) is 19.4. The third kappa shape index (κ3) is 3.36. The molecule has 0 spiro atoms. The molecule has 2 N–H and O–H groups in total. The fraction of sp³-hybridized carbons (Fsp3) is 0.250. The van der Waals surface area contributed by atoms with E-state index in [1.54, 1.807) is 36.4 Å². The minimum absolute atomic E-state index is 0.378. The molecular formula is C20H21N3O4. The maximum absolute atomic E-state index is 13.0. The van der Waals surface area contributed by atoms with Crippen molar-refractivity contribution in [1.29, 1.82) is 0 Å². The van der Waals surface area contributed by atoms with Gasteiger partial charge in [-0.3, -0.25) is 14.5 Å². The summed E-state index contributed by atoms with van der Waals surface area (Å²) in [5.41, 5.74) is 0.0173. The van der Waals surface area contributed by atoms with Gasteiger partial charge in [0.25, 0.3) is 5.91 Å². The van der Waals surface area contributed by atoms with Crippen LogP contribution in [0.3, 0.4) is 0 Å². The van der Waals surface area contributed by atoms with Gasteiger partial charge in [-0.1, -0.05) is 49.4 Å². The normalized spacial score (nSPS) is 19.0. The average Bonchev–Trinajstić information content (AvgIpc) is 2.94. The number of nitrogens with one attached hydrogen (secondary N) is 2. The average molecular weight is 367 g/mol. The van der Waals surface area contributed by atoms with Crippen LogP contribution in [-0.2, 0) is 15.1 Å². The van der Waals surface area contributed by atoms with Gasteiger partial charge in [-0.05, 0) is 24.1 Å². The molecule has 0 aromatic heterocycles. The van der Waals surface area contributed by atoms with Gasteiger partial charge in [0, 0.05) is 0 Å². The SMILES string of the molecule is CCC1(c2ccccc2)NC(=O)N(CC(=O)Nc2ccccc2OC)C1=O. The molecule has 1 aliphatic heterocycles. The molecule has 4 amide bonds. The first-order valence-corrected chi connectivity index (χ1v) is 8.64. The number of amides is 4. The third-order valence-corrected chi connectivity index (χ3v) is 4.66. The minimum atomic E-state index is -1.15. The van der Waals surface area contributed by atoms with Crippen molar-refractivity contribution in [3.63, 3.8) is 0 Å². The lowest BCUT2D eigenvalue weighted by molar-refractivity contribution is -0.134. The molecule has 2 aromatic rings. The zero-order valence-electron chi connectivity index (χ0n) is 15.2. The summed E-state index contributed by atoms with van der Waals surface area (Å²) >= 11 is 0. The van der Waals surface area contributed by atoms with Gasteiger partial charge in [0.2, 0.25) is 5.91 Å². The van der Waals surface area contributed by atoms with E-state index in [2.05, 4.69) is 10.6 Å². The van der Waals surface area contributed by atoms with Crippen LogP contribution >= 0.6 is 0 Å². The third-order valence-electron chi connectivity index (χ3n) is 4.66. The molecule has 0 bridgehead atoms. The van der Waals surface area contributed by atoms with Crippen LogP contribution < -0.4 is 15.4 Å². The van der Waals surface area contributed by atoms with Crippen molar-refractivity contribution in [3.05, 3.63) is 60.2 Å². The summed E-state index contributed by atoms with van der Waals surface area (Å²) in [6.07, 6.45) is 0.381. The Kier molecular flexibility index (Phi) is 5.12. The van der Waals surface area contributed by atoms with Crippen LogP contribution in [0.15, 0.2) is 54.6 Å². The largest absolute Gasteiger partial charge is 0.495 e. The monoisotopic (exact) mass is 367 g/mol. The van der Waals surface area contributed by atoms with Crippen LogP contribution in [0.1, 0.15) is 18.9 Å². The van der Waals surface area contributed by atoms with E-state index in [-0.39, 0.29) is 6.54 Å². The van der Waals surface area contributed by atoms with Crippen LogP contribution in [0.2, 0.25) is 0 Å². The number of hydrogen-bond acceptors (Lipinski definition) is 4. The van der Waals surface area contributed by atoms with Crippen LogP contribution in [0, 0.1) is 0 Å². The molecule has 140 valence electrons. The number of hydrogen-bond donors (Lipinski definition) is 2. The number of imide groups is 1. The topological polar surface area (TPSA) is 87.7 Å². The smallest absolute Gasteiger partial charge is 0.325 e. The maximum atomic E-state index is 13.0. The molecule has 7 nitrogen and oxygen atoms in total. The van der Waals surface area contributed by atoms with Crippen LogP contribution in [-0.4, -0.2) is 36.4 Å². The Labute approximate surface area is 157 Å². The van der Waals surface area contributed by atoms with Crippen molar-refractivity contribution in [3.8, 4) is 5.75 Å². The van der Waals surface area contributed by atoms with Gasteiger partial charge in [0.1, 0.15) is 17.8 Å². The molecule has 7 heteroatoms. The van der Waals surface area contributed by atoms with Crippen molar-refractivity contribution in [2.24, 2.45) is 0 Å². The van der Waals surface area contributed by atoms with Crippen LogP contribution in [0.5, 0.6) is 5.75 Å². The molecule has 0 saturated carbocycles. The number of para-hydroxylation sites is 2. The summed E-state index contributed by atoms with van der Waals surface area (Å²) in [4.78, 5) is 38.8. The number of ether oxygens (including phenoxy) is 1. The second kappa shape index (κ2) is 7.49. The molecule has 1 aliphatic rings. The minimum Gasteiger partial charge on any atom is -0.495 e. The van der Waals surface area contributed by atoms with Gasteiger partial charge in [0.05, 0.1) is 12.8 Å². The highest BCUT2D eigenvalue weighted by molar-refractivity contribution is 6.10. The van der Waals surface area contributed by atoms with E-state index < -0.39 is 23.4 Å². The highest BCUT2D eigenvalue weighted by Crippen LogP contribution is 2.32. The molecule has 27 heavy (non-hydrogen) atoms. The predicted molar refractivity (Wildman–Crippen MR) is 100 cm³/mol. The second-order valence-corrected chi connectivity index (χ2v) is 6.19. The highest BCUT2D eigenvalue weighted by Gasteiger charge is 2.51. The van der Waals surface area contributed by atoms with Gasteiger partial charge in [0.15, 0.2) is 0 Å². The lowest BCUT2D eigenvalue weighted by Crippen LogP contribution is -2.44. The fourth-order valence-electron chi connectivity index (χ4n) is 3.21. The molecule has 2 aromatic carbocycles. The Hall–Kier alpha value is -3.35. The first-order valence-electron chi connectivity index (χ1n) is 8.64. The van der Waals surface area contributed by atoms with Crippen LogP contribution in [0.4, 0.5) is 10.5 Å². The zero-order valence-corrected chi connectivity index (χ0v) is 15.2. The Balaban J connectivity index is 1.78. The van der Waals surface area contributed by atoms with E-state index in [1.807, 2.05) is 25.1 Å². The Bertz CT molecular complexity index is 869. The summed E-state index contributed by atoms with van der Waals surface area (Å²) in [7, 11) is 1.50. The standard InChI is InChI=1S/C20H21N3O4/c1-3-20(14-9-5-4-6-10-14)18(25)23(19(26)22-20)13-17(24)21-15-11-7-8-12-16(15)27-2/h4-12H,3,13H2,1-2H3,(H,21,24)(H,22,26). The Morgan fingerprint density at radius 3 is 2.44 bits per heavy atom. The molecule has 0 aliphatic carbocycles. The number of rotatable bonds is 6. The fourth-order valence-corrected chi connectivity index (χ4v) is 3.21. The summed E-state index contributed by atoms with van der Waals surface area (Å²) in [6, 6.07) is 15.4. The lowest BCUT2D eigenvalue weighted by Gasteiger charge is -2.25. The van der Waals surface area contributed by atoms with Crippen LogP contribution in [0.25, 0.3) is 0 Å². The maximum Gasteiger partial charge on any atom is 0.325 e. The van der Waals surface area contributed by atoms with Crippen molar-refractivity contribution < 1.29 is 19.1 Å². The first kappa shape index (κ1) is 18.4. The number of nitrogens with zero attached hydrogens (tertiary/aromatic N) is 1. The van der Waals surface area contributed by atoms with E-state index in [0.717, 1.165) is 4.90 Å². The molecule has 0 radical (unpaired) electrons. The number of carbonyl (C=O) groups is 3. The molecule has 1 unspecified atom stereocenters. The Morgan fingerprint density at radius 2 is 1.78 bits per heavy atom. The van der Waals surface area contributed by atoms with Crippen molar-refractivity contribution in [1.82, 2.24) is 10.2 Å². The second-order valence-electron chi connectivity index (χ2n) is 6.19. The lowest BCUT2D eigenvalue weighted by atomic mass is 9.87. The van der Waals surface area contributed by atoms with Gasteiger partial charge >= 0.3 is 6.03 Å². The number of urea groups is 1. The predicted octanol–water partition coefficient (Wildman–Crippen LogP) is 2.49. The summed E-state index contributed by atoms with van der Waals surface area (Å²) in [5.74, 6) is -0.422. The van der Waals surface area contributed by atoms with E-state index in [4.69, 9.17) is 4.74 Å². The quantitative estimate of drug-likeness (QED) is 0.768. The van der Waals surface area contributed by atoms with E-state index >= 15 is 0 Å². The van der Waals surface area contributed by atoms with Crippen molar-refractivity contribution in [2.75, 3.05) is 19.0 Å². The molecule has 3 rings (SSSR count). The van der Waals surface area contributed by atoms with Gasteiger partial charge < -0.3 is 15.4 Å².